The quantitative estimate of drug-likeness (QED) is 0.304. The molecule has 70 valence electrons. The maximum Gasteiger partial charge on any atom is 0.150 e. The predicted molar refractivity (Wildman–Crippen MR) is 52.0 cm³/mol. The van der Waals surface area contributed by atoms with E-state index in [2.05, 4.69) is 10.0 Å². The number of rotatable bonds is 2. The molecule has 1 aromatic carbocycles. The number of aryl methyl sites for hydroxylation is 1. The van der Waals surface area contributed by atoms with Gasteiger partial charge in [0.25, 0.3) is 0 Å². The molecule has 1 aliphatic carbocycles. The summed E-state index contributed by atoms with van der Waals surface area (Å²) in [4.78, 5) is 13.3. The summed E-state index contributed by atoms with van der Waals surface area (Å²) in [6.45, 7) is 0. The summed E-state index contributed by atoms with van der Waals surface area (Å²) in [5.41, 5.74) is 11.2. The fraction of sp³-hybridized carbons (Fsp3) is 0.300. The van der Waals surface area contributed by atoms with Gasteiger partial charge in [0.1, 0.15) is 6.29 Å². The van der Waals surface area contributed by atoms with Crippen LogP contribution in [-0.2, 0) is 6.42 Å². The van der Waals surface area contributed by atoms with Crippen molar-refractivity contribution in [3.8, 4) is 0 Å². The van der Waals surface area contributed by atoms with E-state index in [1.54, 1.807) is 6.07 Å². The standard InChI is InChI=1S/C10H9N3O/c11-13-12-10-4-2-8-5-7(6-14)1-3-9(8)10/h1,3,5-6,10H,2,4H2. The molecule has 4 nitrogen and oxygen atoms in total. The van der Waals surface area contributed by atoms with Crippen molar-refractivity contribution in [1.82, 2.24) is 0 Å². The third-order valence-corrected chi connectivity index (χ3v) is 2.54. The first-order valence-corrected chi connectivity index (χ1v) is 4.47. The van der Waals surface area contributed by atoms with Gasteiger partial charge in [-0.3, -0.25) is 4.79 Å². The average Bonchev–Trinajstić information content (AvgIpc) is 2.61. The van der Waals surface area contributed by atoms with Crippen LogP contribution in [0.2, 0.25) is 0 Å². The highest BCUT2D eigenvalue weighted by atomic mass is 16.1. The van der Waals surface area contributed by atoms with Gasteiger partial charge in [-0.15, -0.1) is 0 Å². The Morgan fingerprint density at radius 1 is 1.57 bits per heavy atom. The van der Waals surface area contributed by atoms with Crippen LogP contribution in [0.1, 0.15) is 33.9 Å². The Balaban J connectivity index is 2.42. The molecule has 1 unspecified atom stereocenters. The summed E-state index contributed by atoms with van der Waals surface area (Å²) >= 11 is 0. The summed E-state index contributed by atoms with van der Waals surface area (Å²) < 4.78 is 0. The van der Waals surface area contributed by atoms with Crippen LogP contribution in [0.15, 0.2) is 23.3 Å². The number of fused-ring (bicyclic) bond motifs is 1. The first-order valence-electron chi connectivity index (χ1n) is 4.47. The molecule has 0 amide bonds. The Kier molecular flexibility index (Phi) is 2.21. The molecular formula is C10H9N3O. The van der Waals surface area contributed by atoms with Crippen molar-refractivity contribution in [2.45, 2.75) is 18.9 Å². The second kappa shape index (κ2) is 3.52. The first-order chi connectivity index (χ1) is 6.85. The third-order valence-electron chi connectivity index (χ3n) is 2.54. The molecule has 2 rings (SSSR count). The van der Waals surface area contributed by atoms with E-state index in [9.17, 15) is 4.79 Å². The van der Waals surface area contributed by atoms with Crippen molar-refractivity contribution in [2.24, 2.45) is 5.11 Å². The summed E-state index contributed by atoms with van der Waals surface area (Å²) in [6, 6.07) is 5.47. The highest BCUT2D eigenvalue weighted by molar-refractivity contribution is 5.75. The summed E-state index contributed by atoms with van der Waals surface area (Å²) in [7, 11) is 0. The van der Waals surface area contributed by atoms with E-state index in [1.807, 2.05) is 12.1 Å². The highest BCUT2D eigenvalue weighted by Crippen LogP contribution is 2.34. The third kappa shape index (κ3) is 1.36. The Morgan fingerprint density at radius 2 is 2.43 bits per heavy atom. The number of carbonyl (C=O) groups excluding carboxylic acids is 1. The van der Waals surface area contributed by atoms with Crippen LogP contribution in [0, 0.1) is 0 Å². The largest absolute Gasteiger partial charge is 0.298 e. The molecule has 0 heterocycles. The van der Waals surface area contributed by atoms with Crippen LogP contribution in [0.4, 0.5) is 0 Å². The summed E-state index contributed by atoms with van der Waals surface area (Å²) in [5.74, 6) is 0. The van der Waals surface area contributed by atoms with Gasteiger partial charge >= 0.3 is 0 Å². The van der Waals surface area contributed by atoms with Crippen molar-refractivity contribution in [3.63, 3.8) is 0 Å². The molecule has 0 aliphatic heterocycles. The van der Waals surface area contributed by atoms with Crippen molar-refractivity contribution in [1.29, 1.82) is 0 Å². The predicted octanol–water partition coefficient (Wildman–Crippen LogP) is 2.80. The van der Waals surface area contributed by atoms with Gasteiger partial charge in [0.2, 0.25) is 0 Å². The molecule has 1 aromatic rings. The lowest BCUT2D eigenvalue weighted by Crippen LogP contribution is -1.89. The molecule has 0 saturated carbocycles. The fourth-order valence-electron chi connectivity index (χ4n) is 1.87. The van der Waals surface area contributed by atoms with Gasteiger partial charge in [0.05, 0.1) is 6.04 Å². The zero-order chi connectivity index (χ0) is 9.97. The SMILES string of the molecule is [N-]=[N+]=NC1CCc2cc(C=O)ccc21. The van der Waals surface area contributed by atoms with E-state index >= 15 is 0 Å². The molecule has 0 radical (unpaired) electrons. The van der Waals surface area contributed by atoms with Gasteiger partial charge in [-0.25, -0.2) is 0 Å². The van der Waals surface area contributed by atoms with Gasteiger partial charge in [-0.1, -0.05) is 17.2 Å². The number of benzene rings is 1. The van der Waals surface area contributed by atoms with Crippen LogP contribution in [-0.4, -0.2) is 6.29 Å². The Hall–Kier alpha value is -1.80. The van der Waals surface area contributed by atoms with Crippen LogP contribution in [0.3, 0.4) is 0 Å². The van der Waals surface area contributed by atoms with Crippen molar-refractivity contribution in [3.05, 3.63) is 45.3 Å². The van der Waals surface area contributed by atoms with E-state index in [-0.39, 0.29) is 6.04 Å². The lowest BCUT2D eigenvalue weighted by molar-refractivity contribution is 0.112. The molecule has 1 aliphatic rings. The molecule has 0 aromatic heterocycles. The maximum atomic E-state index is 10.5. The molecular weight excluding hydrogens is 178 g/mol. The summed E-state index contributed by atoms with van der Waals surface area (Å²) in [5, 5.41) is 3.71. The van der Waals surface area contributed by atoms with Crippen molar-refractivity contribution >= 4 is 6.29 Å². The van der Waals surface area contributed by atoms with Crippen molar-refractivity contribution in [2.75, 3.05) is 0 Å². The fourth-order valence-corrected chi connectivity index (χ4v) is 1.87. The number of aldehydes is 1. The second-order valence-electron chi connectivity index (χ2n) is 3.34. The lowest BCUT2D eigenvalue weighted by Gasteiger charge is -2.03. The molecule has 0 N–H and O–H groups in total. The zero-order valence-corrected chi connectivity index (χ0v) is 7.55. The van der Waals surface area contributed by atoms with Crippen molar-refractivity contribution < 1.29 is 4.79 Å². The molecule has 0 bridgehead atoms. The number of hydrogen-bond acceptors (Lipinski definition) is 2. The van der Waals surface area contributed by atoms with E-state index in [0.717, 1.165) is 30.3 Å². The van der Waals surface area contributed by atoms with Crippen LogP contribution >= 0.6 is 0 Å². The smallest absolute Gasteiger partial charge is 0.150 e. The monoisotopic (exact) mass is 187 g/mol. The number of hydrogen-bond donors (Lipinski definition) is 0. The van der Waals surface area contributed by atoms with Gasteiger partial charge in [0.15, 0.2) is 0 Å². The normalized spacial score (nSPS) is 18.4. The number of nitrogens with zero attached hydrogens (tertiary/aromatic N) is 3. The maximum absolute atomic E-state index is 10.5. The lowest BCUT2D eigenvalue weighted by atomic mass is 10.1. The first kappa shape index (κ1) is 8.78. The van der Waals surface area contributed by atoms with Crippen LogP contribution < -0.4 is 0 Å². The molecule has 14 heavy (non-hydrogen) atoms. The molecule has 0 fully saturated rings. The zero-order valence-electron chi connectivity index (χ0n) is 7.55. The molecule has 0 spiro atoms. The molecule has 0 saturated heterocycles. The Morgan fingerprint density at radius 3 is 3.14 bits per heavy atom. The van der Waals surface area contributed by atoms with Gasteiger partial charge in [-0.05, 0) is 35.6 Å². The second-order valence-corrected chi connectivity index (χ2v) is 3.34. The number of azide groups is 1. The topological polar surface area (TPSA) is 65.8 Å². The summed E-state index contributed by atoms with van der Waals surface area (Å²) in [6.07, 6.45) is 2.57. The average molecular weight is 187 g/mol. The Bertz CT molecular complexity index is 421. The molecule has 4 heteroatoms. The van der Waals surface area contributed by atoms with E-state index in [1.165, 1.54) is 0 Å². The highest BCUT2D eigenvalue weighted by Gasteiger charge is 2.20. The van der Waals surface area contributed by atoms with E-state index in [4.69, 9.17) is 5.53 Å². The van der Waals surface area contributed by atoms with Crippen LogP contribution in [0.25, 0.3) is 10.4 Å². The van der Waals surface area contributed by atoms with Gasteiger partial charge in [0, 0.05) is 10.5 Å². The minimum Gasteiger partial charge on any atom is -0.298 e. The van der Waals surface area contributed by atoms with E-state index < -0.39 is 0 Å². The van der Waals surface area contributed by atoms with E-state index in [0.29, 0.717) is 5.56 Å². The molecule has 1 atom stereocenters. The number of carbonyl (C=O) groups is 1. The Labute approximate surface area is 81.2 Å². The van der Waals surface area contributed by atoms with Gasteiger partial charge < -0.3 is 0 Å². The van der Waals surface area contributed by atoms with Gasteiger partial charge in [-0.2, -0.15) is 0 Å². The van der Waals surface area contributed by atoms with Crippen LogP contribution in [0.5, 0.6) is 0 Å². The minimum absolute atomic E-state index is 0.0456. The minimum atomic E-state index is -0.0456.